The first-order valence-electron chi connectivity index (χ1n) is 7.75. The van der Waals surface area contributed by atoms with Gasteiger partial charge in [0.1, 0.15) is 5.52 Å². The first-order valence-corrected chi connectivity index (χ1v) is 9.57. The normalized spacial score (nSPS) is 17.9. The lowest BCUT2D eigenvalue weighted by Gasteiger charge is -2.26. The van der Waals surface area contributed by atoms with Crippen molar-refractivity contribution in [3.05, 3.63) is 34.4 Å². The van der Waals surface area contributed by atoms with Crippen molar-refractivity contribution < 1.29 is 13.2 Å². The molecule has 0 atom stereocenters. The summed E-state index contributed by atoms with van der Waals surface area (Å²) in [5.41, 5.74) is 0.669. The van der Waals surface area contributed by atoms with Crippen LogP contribution in [0, 0.1) is 0 Å². The Morgan fingerprint density at radius 3 is 2.75 bits per heavy atom. The maximum atomic E-state index is 12.4. The molecule has 130 valence electrons. The van der Waals surface area contributed by atoms with Crippen molar-refractivity contribution in [2.75, 3.05) is 37.7 Å². The Bertz CT molecular complexity index is 915. The Labute approximate surface area is 139 Å². The lowest BCUT2D eigenvalue weighted by Crippen LogP contribution is -2.43. The minimum Gasteiger partial charge on any atom is -0.357 e. The lowest BCUT2D eigenvalue weighted by atomic mass is 10.1. The molecule has 8 nitrogen and oxygen atoms in total. The fraction of sp³-hybridized carbons (Fsp3) is 0.467. The summed E-state index contributed by atoms with van der Waals surface area (Å²) in [6.07, 6.45) is 3.17. The largest absolute Gasteiger partial charge is 0.357 e. The van der Waals surface area contributed by atoms with Crippen molar-refractivity contribution in [2.45, 2.75) is 0 Å². The molecule has 1 saturated heterocycles. The van der Waals surface area contributed by atoms with Crippen molar-refractivity contribution in [3.63, 3.8) is 0 Å². The molecular formula is C15H20N4O4S. The highest BCUT2D eigenvalue weighted by Gasteiger charge is 2.21. The standard InChI is InChI=1S/C15H20N4O4S/c1-18-10-12(11-2-3-16-13(11)15(18)21)14(20)17-4-5-19-6-8-24(22,23)9-7-19/h2-3,10,16H,4-9H2,1H3,(H,17,20). The summed E-state index contributed by atoms with van der Waals surface area (Å²) in [5.74, 6) is 0.0945. The van der Waals surface area contributed by atoms with Gasteiger partial charge in [-0.25, -0.2) is 8.42 Å². The quantitative estimate of drug-likeness (QED) is 0.759. The maximum Gasteiger partial charge on any atom is 0.274 e. The third kappa shape index (κ3) is 3.36. The second kappa shape index (κ2) is 6.40. The number of hydrogen-bond acceptors (Lipinski definition) is 5. The molecule has 2 aromatic rings. The number of hydrogen-bond donors (Lipinski definition) is 2. The fourth-order valence-electron chi connectivity index (χ4n) is 2.85. The molecule has 3 heterocycles. The molecule has 0 aromatic carbocycles. The second-order valence-electron chi connectivity index (χ2n) is 5.97. The van der Waals surface area contributed by atoms with Crippen molar-refractivity contribution in [3.8, 4) is 0 Å². The van der Waals surface area contributed by atoms with Crippen LogP contribution in [0.1, 0.15) is 10.4 Å². The molecule has 24 heavy (non-hydrogen) atoms. The van der Waals surface area contributed by atoms with Crippen LogP contribution in [-0.4, -0.2) is 66.5 Å². The molecule has 0 aliphatic carbocycles. The monoisotopic (exact) mass is 352 g/mol. The summed E-state index contributed by atoms with van der Waals surface area (Å²) in [4.78, 5) is 29.3. The lowest BCUT2D eigenvalue weighted by molar-refractivity contribution is 0.0949. The van der Waals surface area contributed by atoms with E-state index < -0.39 is 9.84 Å². The molecule has 9 heteroatoms. The average molecular weight is 352 g/mol. The van der Waals surface area contributed by atoms with Gasteiger partial charge in [-0.15, -0.1) is 0 Å². The van der Waals surface area contributed by atoms with Gasteiger partial charge in [0, 0.05) is 51.0 Å². The highest BCUT2D eigenvalue weighted by Crippen LogP contribution is 2.13. The zero-order valence-corrected chi connectivity index (χ0v) is 14.2. The van der Waals surface area contributed by atoms with Crippen LogP contribution in [0.15, 0.2) is 23.3 Å². The van der Waals surface area contributed by atoms with Gasteiger partial charge in [-0.2, -0.15) is 0 Å². The van der Waals surface area contributed by atoms with Gasteiger partial charge in [-0.1, -0.05) is 0 Å². The predicted molar refractivity (Wildman–Crippen MR) is 91.0 cm³/mol. The molecule has 0 radical (unpaired) electrons. The Hall–Kier alpha value is -2.13. The number of H-pyrrole nitrogens is 1. The van der Waals surface area contributed by atoms with E-state index in [0.29, 0.717) is 42.6 Å². The van der Waals surface area contributed by atoms with Gasteiger partial charge in [-0.3, -0.25) is 14.5 Å². The summed E-state index contributed by atoms with van der Waals surface area (Å²) in [5, 5.41) is 3.43. The van der Waals surface area contributed by atoms with Crippen LogP contribution in [0.4, 0.5) is 0 Å². The predicted octanol–water partition coefficient (Wildman–Crippen LogP) is -0.673. The third-order valence-corrected chi connectivity index (χ3v) is 5.90. The first kappa shape index (κ1) is 16.7. The van der Waals surface area contributed by atoms with Crippen LogP contribution in [0.2, 0.25) is 0 Å². The molecule has 1 aliphatic heterocycles. The van der Waals surface area contributed by atoms with Crippen LogP contribution >= 0.6 is 0 Å². The SMILES string of the molecule is Cn1cc(C(=O)NCCN2CCS(=O)(=O)CC2)c2cc[nH]c2c1=O. The Balaban J connectivity index is 1.63. The molecule has 2 N–H and O–H groups in total. The molecule has 0 saturated carbocycles. The van der Waals surface area contributed by atoms with E-state index >= 15 is 0 Å². The first-order chi connectivity index (χ1) is 11.4. The van der Waals surface area contributed by atoms with E-state index in [9.17, 15) is 18.0 Å². The third-order valence-electron chi connectivity index (χ3n) is 4.29. The van der Waals surface area contributed by atoms with Crippen molar-refractivity contribution in [1.29, 1.82) is 0 Å². The topological polar surface area (TPSA) is 104 Å². The highest BCUT2D eigenvalue weighted by molar-refractivity contribution is 7.91. The summed E-state index contributed by atoms with van der Waals surface area (Å²) < 4.78 is 24.2. The number of rotatable bonds is 4. The minimum absolute atomic E-state index is 0.172. The summed E-state index contributed by atoms with van der Waals surface area (Å²) in [6.45, 7) is 2.02. The number of nitrogens with zero attached hydrogens (tertiary/aromatic N) is 2. The number of nitrogens with one attached hydrogen (secondary N) is 2. The second-order valence-corrected chi connectivity index (χ2v) is 8.28. The molecule has 0 spiro atoms. The summed E-state index contributed by atoms with van der Waals surface area (Å²) in [7, 11) is -1.29. The smallest absolute Gasteiger partial charge is 0.274 e. The molecule has 2 aromatic heterocycles. The van der Waals surface area contributed by atoms with E-state index in [-0.39, 0.29) is 23.0 Å². The Morgan fingerprint density at radius 1 is 1.33 bits per heavy atom. The molecule has 1 aliphatic rings. The number of aromatic nitrogens is 2. The summed E-state index contributed by atoms with van der Waals surface area (Å²) in [6, 6.07) is 1.71. The minimum atomic E-state index is -2.89. The van der Waals surface area contributed by atoms with Crippen molar-refractivity contribution >= 4 is 26.6 Å². The molecular weight excluding hydrogens is 332 g/mol. The van der Waals surface area contributed by atoms with Gasteiger partial charge in [0.15, 0.2) is 9.84 Å². The molecule has 1 amide bonds. The Kier molecular flexibility index (Phi) is 4.46. The van der Waals surface area contributed by atoms with Gasteiger partial charge in [0.2, 0.25) is 0 Å². The molecule has 3 rings (SSSR count). The Morgan fingerprint density at radius 2 is 2.04 bits per heavy atom. The van der Waals surface area contributed by atoms with Crippen molar-refractivity contribution in [1.82, 2.24) is 19.8 Å². The van der Waals surface area contributed by atoms with E-state index in [2.05, 4.69) is 10.3 Å². The van der Waals surface area contributed by atoms with Gasteiger partial charge >= 0.3 is 0 Å². The van der Waals surface area contributed by atoms with Gasteiger partial charge in [0.25, 0.3) is 11.5 Å². The van der Waals surface area contributed by atoms with E-state index in [1.54, 1.807) is 19.3 Å². The van der Waals surface area contributed by atoms with Crippen LogP contribution < -0.4 is 10.9 Å². The van der Waals surface area contributed by atoms with Crippen LogP contribution in [0.3, 0.4) is 0 Å². The number of aromatic amines is 1. The van der Waals surface area contributed by atoms with Gasteiger partial charge in [-0.05, 0) is 6.07 Å². The maximum absolute atomic E-state index is 12.4. The number of fused-ring (bicyclic) bond motifs is 1. The fourth-order valence-corrected chi connectivity index (χ4v) is 4.12. The average Bonchev–Trinajstić information content (AvgIpc) is 3.02. The van der Waals surface area contributed by atoms with Crippen LogP contribution in [0.25, 0.3) is 10.9 Å². The number of carbonyl (C=O) groups excluding carboxylic acids is 1. The van der Waals surface area contributed by atoms with Gasteiger partial charge in [0.05, 0.1) is 17.1 Å². The highest BCUT2D eigenvalue weighted by atomic mass is 32.2. The van der Waals surface area contributed by atoms with E-state index in [4.69, 9.17) is 0 Å². The van der Waals surface area contributed by atoms with E-state index in [1.165, 1.54) is 10.8 Å². The number of pyridine rings is 1. The van der Waals surface area contributed by atoms with Crippen LogP contribution in [-0.2, 0) is 16.9 Å². The summed E-state index contributed by atoms with van der Waals surface area (Å²) >= 11 is 0. The zero-order chi connectivity index (χ0) is 17.3. The van der Waals surface area contributed by atoms with Gasteiger partial charge < -0.3 is 14.9 Å². The molecule has 0 unspecified atom stereocenters. The van der Waals surface area contributed by atoms with Crippen molar-refractivity contribution in [2.24, 2.45) is 7.05 Å². The molecule has 0 bridgehead atoms. The number of sulfone groups is 1. The van der Waals surface area contributed by atoms with Crippen LogP contribution in [0.5, 0.6) is 0 Å². The number of aryl methyl sites for hydroxylation is 1. The zero-order valence-electron chi connectivity index (χ0n) is 13.4. The number of amides is 1. The number of carbonyl (C=O) groups is 1. The van der Waals surface area contributed by atoms with E-state index in [1.807, 2.05) is 4.90 Å². The van der Waals surface area contributed by atoms with E-state index in [0.717, 1.165) is 0 Å². The molecule has 1 fully saturated rings.